The second kappa shape index (κ2) is 6.92. The fourth-order valence-corrected chi connectivity index (χ4v) is 1.87. The Balaban J connectivity index is 2.24. The third-order valence-electron chi connectivity index (χ3n) is 3.02. The third kappa shape index (κ3) is 4.54. The Kier molecular flexibility index (Phi) is 5.85. The molecule has 0 aliphatic carbocycles. The summed E-state index contributed by atoms with van der Waals surface area (Å²) in [4.78, 5) is 2.48. The largest absolute Gasteiger partial charge is 0.386 e. The third-order valence-corrected chi connectivity index (χ3v) is 3.02. The van der Waals surface area contributed by atoms with Crippen LogP contribution in [0.5, 0.6) is 0 Å². The van der Waals surface area contributed by atoms with E-state index in [9.17, 15) is 0 Å². The van der Waals surface area contributed by atoms with Gasteiger partial charge in [-0.1, -0.05) is 27.4 Å². The Hall–Kier alpha value is -0.540. The van der Waals surface area contributed by atoms with E-state index in [-0.39, 0.29) is 0 Å². The van der Waals surface area contributed by atoms with Gasteiger partial charge in [-0.15, -0.1) is 0 Å². The number of ether oxygens (including phenoxy) is 1. The van der Waals surface area contributed by atoms with Gasteiger partial charge in [-0.25, -0.2) is 0 Å². The lowest BCUT2D eigenvalue weighted by atomic mass is 10.1. The van der Waals surface area contributed by atoms with Gasteiger partial charge in [-0.2, -0.15) is 0 Å². The standard InChI is InChI=1S/C13H26N2O/c1-5-6-15-7-8-16-13(10-15)9-14-12(4)11(2)3/h11,13-14H,4-10H2,1-3H3. The quantitative estimate of drug-likeness (QED) is 0.748. The predicted molar refractivity (Wildman–Crippen MR) is 68.5 cm³/mol. The predicted octanol–water partition coefficient (Wildman–Crippen LogP) is 1.86. The fourth-order valence-electron chi connectivity index (χ4n) is 1.87. The molecule has 0 amide bonds. The molecule has 1 fully saturated rings. The number of nitrogens with zero attached hydrogens (tertiary/aromatic N) is 1. The Labute approximate surface area is 99.8 Å². The number of nitrogens with one attached hydrogen (secondary N) is 1. The molecule has 1 rings (SSSR count). The van der Waals surface area contributed by atoms with E-state index < -0.39 is 0 Å². The summed E-state index contributed by atoms with van der Waals surface area (Å²) >= 11 is 0. The van der Waals surface area contributed by atoms with Crippen LogP contribution >= 0.6 is 0 Å². The Bertz CT molecular complexity index is 214. The highest BCUT2D eigenvalue weighted by molar-refractivity contribution is 4.95. The second-order valence-corrected chi connectivity index (χ2v) is 4.85. The van der Waals surface area contributed by atoms with E-state index >= 15 is 0 Å². The van der Waals surface area contributed by atoms with Gasteiger partial charge in [0.2, 0.25) is 0 Å². The molecule has 1 unspecified atom stereocenters. The van der Waals surface area contributed by atoms with Gasteiger partial charge < -0.3 is 10.1 Å². The highest BCUT2D eigenvalue weighted by Gasteiger charge is 2.19. The molecular formula is C13H26N2O. The molecule has 1 aliphatic heterocycles. The zero-order valence-corrected chi connectivity index (χ0v) is 11.0. The SMILES string of the molecule is C=C(NCC1CN(CCC)CCO1)C(C)C. The van der Waals surface area contributed by atoms with Crippen LogP contribution in [0.1, 0.15) is 27.2 Å². The molecule has 0 aromatic carbocycles. The molecule has 1 N–H and O–H groups in total. The summed E-state index contributed by atoms with van der Waals surface area (Å²) in [5, 5.41) is 3.37. The second-order valence-electron chi connectivity index (χ2n) is 4.85. The first kappa shape index (κ1) is 13.5. The molecule has 1 atom stereocenters. The Morgan fingerprint density at radius 1 is 1.56 bits per heavy atom. The van der Waals surface area contributed by atoms with Crippen LogP contribution in [0, 0.1) is 5.92 Å². The average Bonchev–Trinajstić information content (AvgIpc) is 2.26. The minimum Gasteiger partial charge on any atom is -0.386 e. The van der Waals surface area contributed by atoms with Gasteiger partial charge in [0.25, 0.3) is 0 Å². The summed E-state index contributed by atoms with van der Waals surface area (Å²) in [6.45, 7) is 15.6. The molecule has 3 nitrogen and oxygen atoms in total. The highest BCUT2D eigenvalue weighted by Crippen LogP contribution is 2.07. The van der Waals surface area contributed by atoms with E-state index in [1.165, 1.54) is 13.0 Å². The first-order valence-electron chi connectivity index (χ1n) is 6.40. The lowest BCUT2D eigenvalue weighted by Crippen LogP contribution is -2.46. The minimum absolute atomic E-state index is 0.316. The number of morpholine rings is 1. The summed E-state index contributed by atoms with van der Waals surface area (Å²) in [7, 11) is 0. The maximum Gasteiger partial charge on any atom is 0.0874 e. The molecule has 1 saturated heterocycles. The molecular weight excluding hydrogens is 200 g/mol. The molecule has 16 heavy (non-hydrogen) atoms. The molecule has 1 heterocycles. The van der Waals surface area contributed by atoms with Gasteiger partial charge in [0.1, 0.15) is 0 Å². The maximum atomic E-state index is 5.74. The van der Waals surface area contributed by atoms with Crippen molar-refractivity contribution in [2.24, 2.45) is 5.92 Å². The average molecular weight is 226 g/mol. The maximum absolute atomic E-state index is 5.74. The van der Waals surface area contributed by atoms with E-state index in [0.717, 1.165) is 31.9 Å². The molecule has 0 saturated carbocycles. The van der Waals surface area contributed by atoms with Crippen LogP contribution in [0.4, 0.5) is 0 Å². The monoisotopic (exact) mass is 226 g/mol. The fraction of sp³-hybridized carbons (Fsp3) is 0.846. The zero-order valence-electron chi connectivity index (χ0n) is 11.0. The van der Waals surface area contributed by atoms with E-state index in [1.54, 1.807) is 0 Å². The van der Waals surface area contributed by atoms with Crippen molar-refractivity contribution in [1.82, 2.24) is 10.2 Å². The normalized spacial score (nSPS) is 22.4. The van der Waals surface area contributed by atoms with Crippen molar-refractivity contribution < 1.29 is 4.74 Å². The van der Waals surface area contributed by atoms with Crippen molar-refractivity contribution in [3.8, 4) is 0 Å². The van der Waals surface area contributed by atoms with Crippen LogP contribution in [0.3, 0.4) is 0 Å². The van der Waals surface area contributed by atoms with Gasteiger partial charge in [0.15, 0.2) is 0 Å². The highest BCUT2D eigenvalue weighted by atomic mass is 16.5. The van der Waals surface area contributed by atoms with E-state index in [4.69, 9.17) is 4.74 Å². The van der Waals surface area contributed by atoms with Crippen molar-refractivity contribution in [2.75, 3.05) is 32.8 Å². The molecule has 0 spiro atoms. The summed E-state index contributed by atoms with van der Waals surface area (Å²) in [5.74, 6) is 0.496. The lowest BCUT2D eigenvalue weighted by molar-refractivity contribution is -0.0260. The molecule has 94 valence electrons. The lowest BCUT2D eigenvalue weighted by Gasteiger charge is -2.33. The summed E-state index contributed by atoms with van der Waals surface area (Å²) < 4.78 is 5.74. The van der Waals surface area contributed by atoms with Crippen LogP contribution in [0.2, 0.25) is 0 Å². The summed E-state index contributed by atoms with van der Waals surface area (Å²) in [5.41, 5.74) is 1.11. The van der Waals surface area contributed by atoms with Gasteiger partial charge in [0.05, 0.1) is 12.7 Å². The van der Waals surface area contributed by atoms with Crippen LogP contribution in [-0.2, 0) is 4.74 Å². The Morgan fingerprint density at radius 2 is 2.31 bits per heavy atom. The van der Waals surface area contributed by atoms with Gasteiger partial charge in [-0.3, -0.25) is 4.90 Å². The van der Waals surface area contributed by atoms with Gasteiger partial charge in [0, 0.05) is 25.3 Å². The van der Waals surface area contributed by atoms with E-state index in [0.29, 0.717) is 12.0 Å². The summed E-state index contributed by atoms with van der Waals surface area (Å²) in [6.07, 6.45) is 1.54. The van der Waals surface area contributed by atoms with Crippen LogP contribution < -0.4 is 5.32 Å². The van der Waals surface area contributed by atoms with Crippen LogP contribution in [-0.4, -0.2) is 43.8 Å². The molecule has 1 aliphatic rings. The summed E-state index contributed by atoms with van der Waals surface area (Å²) in [6, 6.07) is 0. The number of hydrogen-bond acceptors (Lipinski definition) is 3. The number of hydrogen-bond donors (Lipinski definition) is 1. The van der Waals surface area contributed by atoms with Crippen molar-refractivity contribution >= 4 is 0 Å². The topological polar surface area (TPSA) is 24.5 Å². The molecule has 0 aromatic heterocycles. The van der Waals surface area contributed by atoms with Crippen molar-refractivity contribution in [1.29, 1.82) is 0 Å². The molecule has 0 aromatic rings. The smallest absolute Gasteiger partial charge is 0.0874 e. The van der Waals surface area contributed by atoms with Crippen molar-refractivity contribution in [3.63, 3.8) is 0 Å². The number of rotatable bonds is 6. The molecule has 0 radical (unpaired) electrons. The van der Waals surface area contributed by atoms with Crippen LogP contribution in [0.15, 0.2) is 12.3 Å². The minimum atomic E-state index is 0.316. The van der Waals surface area contributed by atoms with E-state index in [1.807, 2.05) is 0 Å². The number of allylic oxidation sites excluding steroid dienone is 1. The van der Waals surface area contributed by atoms with Gasteiger partial charge in [-0.05, 0) is 18.9 Å². The van der Waals surface area contributed by atoms with Gasteiger partial charge >= 0.3 is 0 Å². The molecule has 0 bridgehead atoms. The first-order chi connectivity index (χ1) is 7.63. The molecule has 3 heteroatoms. The Morgan fingerprint density at radius 3 is 2.94 bits per heavy atom. The zero-order chi connectivity index (χ0) is 12.0. The first-order valence-corrected chi connectivity index (χ1v) is 6.40. The van der Waals surface area contributed by atoms with Crippen LogP contribution in [0.25, 0.3) is 0 Å². The van der Waals surface area contributed by atoms with Crippen molar-refractivity contribution in [2.45, 2.75) is 33.3 Å². The van der Waals surface area contributed by atoms with Crippen molar-refractivity contribution in [3.05, 3.63) is 12.3 Å². The van der Waals surface area contributed by atoms with E-state index in [2.05, 4.69) is 37.6 Å².